The Bertz CT molecular complexity index is 854. The number of halogens is 3. The molecule has 0 aliphatic carbocycles. The van der Waals surface area contributed by atoms with Crippen LogP contribution in [0.5, 0.6) is 0 Å². The van der Waals surface area contributed by atoms with Crippen molar-refractivity contribution >= 4 is 69.2 Å². The van der Waals surface area contributed by atoms with E-state index in [2.05, 4.69) is 0 Å². The molecule has 1 heterocycles. The maximum absolute atomic E-state index is 13.3. The summed E-state index contributed by atoms with van der Waals surface area (Å²) in [5.41, 5.74) is 1.14. The number of anilines is 1. The number of benzene rings is 2. The van der Waals surface area contributed by atoms with Crippen molar-refractivity contribution in [2.45, 2.75) is 0 Å². The molecule has 0 aromatic heterocycles. The van der Waals surface area contributed by atoms with Crippen LogP contribution in [0.2, 0.25) is 10.0 Å². The highest BCUT2D eigenvalue weighted by molar-refractivity contribution is 8.27. The fourth-order valence-corrected chi connectivity index (χ4v) is 3.65. The fourth-order valence-electron chi connectivity index (χ4n) is 2.06. The summed E-state index contributed by atoms with van der Waals surface area (Å²) in [4.78, 5) is 14.4. The van der Waals surface area contributed by atoms with Crippen LogP contribution in [0.3, 0.4) is 0 Å². The minimum absolute atomic E-state index is 0.275. The van der Waals surface area contributed by atoms with Gasteiger partial charge in [-0.15, -0.1) is 0 Å². The number of thioether (sulfide) groups is 1. The number of thiocarbonyl (C=S) groups is 1. The third kappa shape index (κ3) is 3.43. The minimum atomic E-state index is -0.362. The Morgan fingerprint density at radius 1 is 1.13 bits per heavy atom. The van der Waals surface area contributed by atoms with Crippen LogP contribution >= 0.6 is 47.2 Å². The highest BCUT2D eigenvalue weighted by atomic mass is 35.5. The molecular weight excluding hydrogens is 376 g/mol. The zero-order chi connectivity index (χ0) is 16.6. The fraction of sp³-hybridized carbons (Fsp3) is 0. The monoisotopic (exact) mass is 383 g/mol. The van der Waals surface area contributed by atoms with Crippen molar-refractivity contribution in [2.75, 3.05) is 4.90 Å². The average Bonchev–Trinajstić information content (AvgIpc) is 2.77. The number of amides is 1. The van der Waals surface area contributed by atoms with E-state index in [9.17, 15) is 9.18 Å². The first-order chi connectivity index (χ1) is 11.0. The standard InChI is InChI=1S/C16H8Cl2FNOS2/c17-12-5-4-11(8-13(12)18)20-15(21)14(23-16(20)22)7-9-2-1-3-10(19)6-9/h1-8H/b14-7+. The van der Waals surface area contributed by atoms with E-state index in [4.69, 9.17) is 35.4 Å². The first kappa shape index (κ1) is 16.5. The van der Waals surface area contributed by atoms with Crippen molar-refractivity contribution < 1.29 is 9.18 Å². The van der Waals surface area contributed by atoms with Crippen molar-refractivity contribution in [3.05, 3.63) is 68.8 Å². The second-order valence-corrected chi connectivity index (χ2v) is 7.16. The van der Waals surface area contributed by atoms with Crippen LogP contribution in [-0.4, -0.2) is 10.2 Å². The van der Waals surface area contributed by atoms with Gasteiger partial charge in [0.05, 0.1) is 20.6 Å². The van der Waals surface area contributed by atoms with Crippen molar-refractivity contribution in [3.8, 4) is 0 Å². The largest absolute Gasteiger partial charge is 0.270 e. The van der Waals surface area contributed by atoms with E-state index in [1.165, 1.54) is 17.0 Å². The van der Waals surface area contributed by atoms with Crippen LogP contribution in [0.1, 0.15) is 5.56 Å². The van der Waals surface area contributed by atoms with Gasteiger partial charge in [0.25, 0.3) is 5.91 Å². The molecule has 0 atom stereocenters. The van der Waals surface area contributed by atoms with Crippen LogP contribution in [0.4, 0.5) is 10.1 Å². The normalized spacial score (nSPS) is 16.5. The molecule has 0 spiro atoms. The summed E-state index contributed by atoms with van der Waals surface area (Å²) in [7, 11) is 0. The number of carbonyl (C=O) groups excluding carboxylic acids is 1. The second-order valence-electron chi connectivity index (χ2n) is 4.67. The van der Waals surface area contributed by atoms with Crippen molar-refractivity contribution in [1.29, 1.82) is 0 Å². The molecule has 2 aromatic rings. The van der Waals surface area contributed by atoms with E-state index in [1.54, 1.807) is 36.4 Å². The summed E-state index contributed by atoms with van der Waals surface area (Å²) < 4.78 is 13.6. The van der Waals surface area contributed by atoms with Crippen molar-refractivity contribution in [3.63, 3.8) is 0 Å². The minimum Gasteiger partial charge on any atom is -0.268 e. The molecule has 23 heavy (non-hydrogen) atoms. The molecule has 2 aromatic carbocycles. The highest BCUT2D eigenvalue weighted by Crippen LogP contribution is 2.37. The van der Waals surface area contributed by atoms with Crippen LogP contribution in [-0.2, 0) is 4.79 Å². The molecule has 2 nitrogen and oxygen atoms in total. The lowest BCUT2D eigenvalue weighted by Crippen LogP contribution is -2.27. The zero-order valence-electron chi connectivity index (χ0n) is 11.4. The summed E-state index contributed by atoms with van der Waals surface area (Å²) >= 11 is 18.3. The number of rotatable bonds is 2. The van der Waals surface area contributed by atoms with Gasteiger partial charge in [-0.05, 0) is 42.0 Å². The van der Waals surface area contributed by atoms with Gasteiger partial charge in [-0.1, -0.05) is 59.3 Å². The maximum Gasteiger partial charge on any atom is 0.270 e. The van der Waals surface area contributed by atoms with E-state index in [0.29, 0.717) is 30.5 Å². The third-order valence-corrected chi connectivity index (χ3v) is 5.14. The zero-order valence-corrected chi connectivity index (χ0v) is 14.6. The smallest absolute Gasteiger partial charge is 0.268 e. The predicted octanol–water partition coefficient (Wildman–Crippen LogP) is 5.54. The molecule has 1 amide bonds. The molecule has 1 aliphatic rings. The lowest BCUT2D eigenvalue weighted by Gasteiger charge is -2.15. The van der Waals surface area contributed by atoms with Crippen LogP contribution in [0.25, 0.3) is 6.08 Å². The molecule has 7 heteroatoms. The van der Waals surface area contributed by atoms with Gasteiger partial charge >= 0.3 is 0 Å². The Labute approximate surface area is 151 Å². The molecule has 0 N–H and O–H groups in total. The Morgan fingerprint density at radius 2 is 1.91 bits per heavy atom. The predicted molar refractivity (Wildman–Crippen MR) is 98.5 cm³/mol. The van der Waals surface area contributed by atoms with Gasteiger partial charge in [0.15, 0.2) is 4.32 Å². The third-order valence-electron chi connectivity index (χ3n) is 3.10. The molecule has 0 saturated carbocycles. The Balaban J connectivity index is 1.95. The number of hydrogen-bond donors (Lipinski definition) is 0. The van der Waals surface area contributed by atoms with Gasteiger partial charge in [0, 0.05) is 0 Å². The topological polar surface area (TPSA) is 20.3 Å². The SMILES string of the molecule is O=C1/C(=C\c2cccc(F)c2)SC(=S)N1c1ccc(Cl)c(Cl)c1. The summed E-state index contributed by atoms with van der Waals surface area (Å²) in [6, 6.07) is 10.9. The Kier molecular flexibility index (Phi) is 4.73. The van der Waals surface area contributed by atoms with Crippen molar-refractivity contribution in [1.82, 2.24) is 0 Å². The number of nitrogens with zero attached hydrogens (tertiary/aromatic N) is 1. The molecule has 0 bridgehead atoms. The number of carbonyl (C=O) groups is 1. The lowest BCUT2D eigenvalue weighted by atomic mass is 10.2. The van der Waals surface area contributed by atoms with Crippen LogP contribution in [0, 0.1) is 5.82 Å². The van der Waals surface area contributed by atoms with E-state index < -0.39 is 0 Å². The molecular formula is C16H8Cl2FNOS2. The maximum atomic E-state index is 13.3. The van der Waals surface area contributed by atoms with Crippen LogP contribution < -0.4 is 4.90 Å². The molecule has 3 rings (SSSR count). The van der Waals surface area contributed by atoms with Gasteiger partial charge in [-0.3, -0.25) is 9.69 Å². The van der Waals surface area contributed by atoms with Crippen molar-refractivity contribution in [2.24, 2.45) is 0 Å². The molecule has 0 radical (unpaired) electrons. The second kappa shape index (κ2) is 6.61. The molecule has 1 fully saturated rings. The summed E-state index contributed by atoms with van der Waals surface area (Å²) in [6.07, 6.45) is 1.61. The van der Waals surface area contributed by atoms with Gasteiger partial charge in [0.1, 0.15) is 5.82 Å². The van der Waals surface area contributed by atoms with E-state index in [-0.39, 0.29) is 11.7 Å². The van der Waals surface area contributed by atoms with Gasteiger partial charge in [-0.25, -0.2) is 4.39 Å². The number of hydrogen-bond acceptors (Lipinski definition) is 3. The molecule has 1 aliphatic heterocycles. The lowest BCUT2D eigenvalue weighted by molar-refractivity contribution is -0.113. The quantitative estimate of drug-likeness (QED) is 0.501. The summed E-state index contributed by atoms with van der Waals surface area (Å²) in [5, 5.41) is 0.739. The highest BCUT2D eigenvalue weighted by Gasteiger charge is 2.33. The van der Waals surface area contributed by atoms with Gasteiger partial charge in [-0.2, -0.15) is 0 Å². The van der Waals surface area contributed by atoms with Gasteiger partial charge in [0.2, 0.25) is 0 Å². The Hall–Kier alpha value is -1.40. The van der Waals surface area contributed by atoms with E-state index in [1.807, 2.05) is 0 Å². The Morgan fingerprint density at radius 3 is 2.61 bits per heavy atom. The molecule has 1 saturated heterocycles. The molecule has 116 valence electrons. The van der Waals surface area contributed by atoms with Crippen LogP contribution in [0.15, 0.2) is 47.4 Å². The van der Waals surface area contributed by atoms with E-state index in [0.717, 1.165) is 11.8 Å². The summed E-state index contributed by atoms with van der Waals surface area (Å²) in [5.74, 6) is -0.638. The van der Waals surface area contributed by atoms with Gasteiger partial charge < -0.3 is 0 Å². The average molecular weight is 384 g/mol. The molecule has 0 unspecified atom stereocenters. The van der Waals surface area contributed by atoms with E-state index >= 15 is 0 Å². The first-order valence-electron chi connectivity index (χ1n) is 6.44. The summed E-state index contributed by atoms with van der Waals surface area (Å²) in [6.45, 7) is 0. The first-order valence-corrected chi connectivity index (χ1v) is 8.42.